The Hall–Kier alpha value is -1.12. The molecule has 0 bridgehead atoms. The van der Waals surface area contributed by atoms with Crippen LogP contribution in [0, 0.1) is 0 Å². The first-order valence-electron chi connectivity index (χ1n) is 6.14. The van der Waals surface area contributed by atoms with Gasteiger partial charge in [0.15, 0.2) is 0 Å². The number of halogens is 1. The van der Waals surface area contributed by atoms with Gasteiger partial charge in [-0.15, -0.1) is 11.6 Å². The largest absolute Gasteiger partial charge is 0.296 e. The summed E-state index contributed by atoms with van der Waals surface area (Å²) < 4.78 is 0. The fourth-order valence-electron chi connectivity index (χ4n) is 1.86. The second-order valence-corrected chi connectivity index (χ2v) is 5.56. The van der Waals surface area contributed by atoms with E-state index in [9.17, 15) is 0 Å². The van der Waals surface area contributed by atoms with Crippen LogP contribution in [-0.2, 0) is 6.54 Å². The number of pyridine rings is 1. The Bertz CT molecular complexity index is 532. The van der Waals surface area contributed by atoms with Crippen LogP contribution in [0.15, 0.2) is 36.5 Å². The number of nitrogens with zero attached hydrogens (tertiary/aromatic N) is 2. The average molecular weight is 263 g/mol. The summed E-state index contributed by atoms with van der Waals surface area (Å²) in [6, 6.07) is 10.3. The molecule has 1 heterocycles. The van der Waals surface area contributed by atoms with Crippen LogP contribution < -0.4 is 0 Å². The number of para-hydroxylation sites is 1. The SMILES string of the molecule is CN(Cc1ccnc2ccccc12)C(C)(C)CCl. The van der Waals surface area contributed by atoms with Gasteiger partial charge in [-0.1, -0.05) is 18.2 Å². The maximum absolute atomic E-state index is 6.02. The molecular weight excluding hydrogens is 244 g/mol. The summed E-state index contributed by atoms with van der Waals surface area (Å²) in [6.07, 6.45) is 1.87. The molecule has 0 aliphatic rings. The van der Waals surface area contributed by atoms with Gasteiger partial charge in [-0.25, -0.2) is 0 Å². The molecule has 0 aliphatic heterocycles. The lowest BCUT2D eigenvalue weighted by atomic mass is 10.0. The smallest absolute Gasteiger partial charge is 0.0705 e. The number of rotatable bonds is 4. The zero-order valence-corrected chi connectivity index (χ0v) is 11.9. The van der Waals surface area contributed by atoms with Crippen molar-refractivity contribution in [1.82, 2.24) is 9.88 Å². The molecule has 2 aromatic rings. The second kappa shape index (κ2) is 5.25. The van der Waals surface area contributed by atoms with Crippen molar-refractivity contribution >= 4 is 22.5 Å². The second-order valence-electron chi connectivity index (χ2n) is 5.29. The molecule has 0 radical (unpaired) electrons. The Balaban J connectivity index is 2.32. The first-order valence-corrected chi connectivity index (χ1v) is 6.68. The van der Waals surface area contributed by atoms with Gasteiger partial charge in [-0.2, -0.15) is 0 Å². The molecule has 2 rings (SSSR count). The van der Waals surface area contributed by atoms with E-state index < -0.39 is 0 Å². The van der Waals surface area contributed by atoms with Crippen molar-refractivity contribution < 1.29 is 0 Å². The van der Waals surface area contributed by atoms with E-state index >= 15 is 0 Å². The van der Waals surface area contributed by atoms with Crippen LogP contribution in [0.3, 0.4) is 0 Å². The quantitative estimate of drug-likeness (QED) is 0.782. The van der Waals surface area contributed by atoms with Crippen molar-refractivity contribution in [2.45, 2.75) is 25.9 Å². The molecule has 0 saturated heterocycles. The zero-order chi connectivity index (χ0) is 13.2. The number of alkyl halides is 1. The molecule has 3 heteroatoms. The van der Waals surface area contributed by atoms with Crippen molar-refractivity contribution in [3.05, 3.63) is 42.1 Å². The van der Waals surface area contributed by atoms with E-state index in [1.807, 2.05) is 18.3 Å². The molecule has 0 spiro atoms. The van der Waals surface area contributed by atoms with E-state index in [-0.39, 0.29) is 5.54 Å². The number of fused-ring (bicyclic) bond motifs is 1. The van der Waals surface area contributed by atoms with Crippen LogP contribution in [-0.4, -0.2) is 28.4 Å². The Labute approximate surface area is 114 Å². The van der Waals surface area contributed by atoms with E-state index in [4.69, 9.17) is 11.6 Å². The van der Waals surface area contributed by atoms with Crippen molar-refractivity contribution in [2.75, 3.05) is 12.9 Å². The number of benzene rings is 1. The molecule has 0 fully saturated rings. The molecule has 1 aromatic heterocycles. The highest BCUT2D eigenvalue weighted by atomic mass is 35.5. The van der Waals surface area contributed by atoms with Crippen molar-refractivity contribution in [3.8, 4) is 0 Å². The Morgan fingerprint density at radius 2 is 1.94 bits per heavy atom. The highest BCUT2D eigenvalue weighted by Gasteiger charge is 2.22. The lowest BCUT2D eigenvalue weighted by molar-refractivity contribution is 0.171. The topological polar surface area (TPSA) is 16.1 Å². The van der Waals surface area contributed by atoms with Gasteiger partial charge in [0.25, 0.3) is 0 Å². The minimum atomic E-state index is -0.00801. The van der Waals surface area contributed by atoms with Gasteiger partial charge in [0.2, 0.25) is 0 Å². The maximum Gasteiger partial charge on any atom is 0.0705 e. The van der Waals surface area contributed by atoms with Gasteiger partial charge in [-0.05, 0) is 38.6 Å². The van der Waals surface area contributed by atoms with Crippen LogP contribution in [0.5, 0.6) is 0 Å². The summed E-state index contributed by atoms with van der Waals surface area (Å²) in [5.74, 6) is 0.618. The van der Waals surface area contributed by atoms with Gasteiger partial charge >= 0.3 is 0 Å². The van der Waals surface area contributed by atoms with E-state index in [1.54, 1.807) is 0 Å². The van der Waals surface area contributed by atoms with Gasteiger partial charge < -0.3 is 0 Å². The standard InChI is InChI=1S/C15H19ClN2/c1-15(2,11-16)18(3)10-12-8-9-17-14-7-5-4-6-13(12)14/h4-9H,10-11H2,1-3H3. The van der Waals surface area contributed by atoms with Gasteiger partial charge in [0, 0.05) is 29.5 Å². The molecule has 1 aromatic carbocycles. The van der Waals surface area contributed by atoms with Crippen molar-refractivity contribution in [1.29, 1.82) is 0 Å². The highest BCUT2D eigenvalue weighted by molar-refractivity contribution is 6.18. The van der Waals surface area contributed by atoms with Crippen LogP contribution in [0.1, 0.15) is 19.4 Å². The summed E-state index contributed by atoms with van der Waals surface area (Å²) >= 11 is 6.02. The molecular formula is C15H19ClN2. The van der Waals surface area contributed by atoms with Crippen molar-refractivity contribution in [3.63, 3.8) is 0 Å². The lowest BCUT2D eigenvalue weighted by Crippen LogP contribution is -2.42. The van der Waals surface area contributed by atoms with E-state index in [0.29, 0.717) is 5.88 Å². The van der Waals surface area contributed by atoms with Gasteiger partial charge in [0.05, 0.1) is 5.52 Å². The predicted octanol–water partition coefficient (Wildman–Crippen LogP) is 3.68. The summed E-state index contributed by atoms with van der Waals surface area (Å²) in [5, 5.41) is 1.22. The number of aromatic nitrogens is 1. The third-order valence-corrected chi connectivity index (χ3v) is 4.16. The lowest BCUT2D eigenvalue weighted by Gasteiger charge is -2.34. The summed E-state index contributed by atoms with van der Waals surface area (Å²) in [4.78, 5) is 6.67. The highest BCUT2D eigenvalue weighted by Crippen LogP contribution is 2.21. The first kappa shape index (κ1) is 13.3. The Morgan fingerprint density at radius 3 is 2.67 bits per heavy atom. The molecule has 0 amide bonds. The van der Waals surface area contributed by atoms with Crippen molar-refractivity contribution in [2.24, 2.45) is 0 Å². The fraction of sp³-hybridized carbons (Fsp3) is 0.400. The Morgan fingerprint density at radius 1 is 1.22 bits per heavy atom. The van der Waals surface area contributed by atoms with Crippen LogP contribution >= 0.6 is 11.6 Å². The summed E-state index contributed by atoms with van der Waals surface area (Å²) in [6.45, 7) is 5.19. The third-order valence-electron chi connectivity index (χ3n) is 3.51. The zero-order valence-electron chi connectivity index (χ0n) is 11.2. The summed E-state index contributed by atoms with van der Waals surface area (Å²) in [7, 11) is 2.11. The fourth-order valence-corrected chi connectivity index (χ4v) is 2.07. The molecule has 0 N–H and O–H groups in total. The monoisotopic (exact) mass is 262 g/mol. The average Bonchev–Trinajstić information content (AvgIpc) is 2.39. The van der Waals surface area contributed by atoms with E-state index in [0.717, 1.165) is 12.1 Å². The molecule has 18 heavy (non-hydrogen) atoms. The molecule has 2 nitrogen and oxygen atoms in total. The molecule has 0 aliphatic carbocycles. The molecule has 0 atom stereocenters. The minimum Gasteiger partial charge on any atom is -0.296 e. The van der Waals surface area contributed by atoms with Crippen LogP contribution in [0.25, 0.3) is 10.9 Å². The van der Waals surface area contributed by atoms with Crippen LogP contribution in [0.4, 0.5) is 0 Å². The molecule has 0 unspecified atom stereocenters. The predicted molar refractivity (Wildman–Crippen MR) is 78.0 cm³/mol. The minimum absolute atomic E-state index is 0.00801. The van der Waals surface area contributed by atoms with E-state index in [2.05, 4.69) is 49.0 Å². The van der Waals surface area contributed by atoms with Gasteiger partial charge in [-0.3, -0.25) is 9.88 Å². The maximum atomic E-state index is 6.02. The normalized spacial score (nSPS) is 12.3. The number of hydrogen-bond donors (Lipinski definition) is 0. The van der Waals surface area contributed by atoms with E-state index in [1.165, 1.54) is 10.9 Å². The first-order chi connectivity index (χ1) is 8.54. The molecule has 96 valence electrons. The Kier molecular flexibility index (Phi) is 3.88. The van der Waals surface area contributed by atoms with Gasteiger partial charge in [0.1, 0.15) is 0 Å². The van der Waals surface area contributed by atoms with Crippen LogP contribution in [0.2, 0.25) is 0 Å². The number of hydrogen-bond acceptors (Lipinski definition) is 2. The summed E-state index contributed by atoms with van der Waals surface area (Å²) in [5.41, 5.74) is 2.33. The third kappa shape index (κ3) is 2.65. The molecule has 0 saturated carbocycles.